The van der Waals surface area contributed by atoms with E-state index >= 15 is 0 Å². The first kappa shape index (κ1) is 80.4. The first-order chi connectivity index (χ1) is 40.5. The Labute approximate surface area is 515 Å². The summed E-state index contributed by atoms with van der Waals surface area (Å²) in [7, 11) is 1.31. The van der Waals surface area contributed by atoms with Crippen LogP contribution in [0.2, 0.25) is 0 Å². The van der Waals surface area contributed by atoms with Crippen molar-refractivity contribution in [2.75, 3.05) is 40.9 Å². The summed E-state index contributed by atoms with van der Waals surface area (Å²) in [6.07, 6.45) is 91.9. The molecule has 9 heteroatoms. The number of likely N-dealkylation sites (N-methyl/N-ethyl adjacent to an activating group) is 1. The fraction of sp³-hybridized carbons (Fsp3) is 0.770. The Morgan fingerprint density at radius 1 is 0.434 bits per heavy atom. The summed E-state index contributed by atoms with van der Waals surface area (Å²) in [6, 6.07) is -0.807. The maximum Gasteiger partial charge on any atom is 0.268 e. The van der Waals surface area contributed by atoms with Crippen LogP contribution in [0.1, 0.15) is 316 Å². The molecule has 482 valence electrons. The third-order valence-electron chi connectivity index (χ3n) is 15.6. The Bertz CT molecular complexity index is 1670. The van der Waals surface area contributed by atoms with Crippen molar-refractivity contribution in [2.45, 2.75) is 328 Å². The predicted molar refractivity (Wildman–Crippen MR) is 362 cm³/mol. The van der Waals surface area contributed by atoms with Crippen LogP contribution in [0.25, 0.3) is 0 Å². The van der Waals surface area contributed by atoms with Crippen LogP contribution in [-0.4, -0.2) is 68.5 Å². The molecule has 0 bridgehead atoms. The summed E-state index contributed by atoms with van der Waals surface area (Å²) >= 11 is 0. The number of quaternary nitrogens is 1. The second kappa shape index (κ2) is 63.9. The number of carbonyl (C=O) groups is 1. The number of phosphoric ester groups is 1. The molecular weight excluding hydrogens is 1040 g/mol. The lowest BCUT2D eigenvalue weighted by molar-refractivity contribution is -0.870. The van der Waals surface area contributed by atoms with Gasteiger partial charge in [0, 0.05) is 6.42 Å². The van der Waals surface area contributed by atoms with Gasteiger partial charge in [0.2, 0.25) is 5.91 Å². The summed E-state index contributed by atoms with van der Waals surface area (Å²) < 4.78 is 23.5. The molecule has 0 saturated heterocycles. The molecule has 0 spiro atoms. The van der Waals surface area contributed by atoms with Crippen LogP contribution >= 0.6 is 7.82 Å². The van der Waals surface area contributed by atoms with Crippen LogP contribution in [0.5, 0.6) is 0 Å². The van der Waals surface area contributed by atoms with Crippen molar-refractivity contribution < 1.29 is 32.9 Å². The number of carbonyl (C=O) groups excluding carboxylic acids is 1. The molecule has 2 N–H and O–H groups in total. The smallest absolute Gasteiger partial charge is 0.268 e. The van der Waals surface area contributed by atoms with E-state index in [4.69, 9.17) is 9.05 Å². The Balaban J connectivity index is 4.03. The molecule has 0 aliphatic heterocycles. The number of phosphoric acid groups is 1. The van der Waals surface area contributed by atoms with Crippen molar-refractivity contribution in [2.24, 2.45) is 0 Å². The summed E-state index contributed by atoms with van der Waals surface area (Å²) in [5.74, 6) is -0.164. The summed E-state index contributed by atoms with van der Waals surface area (Å²) in [4.78, 5) is 25.7. The molecular formula is C74H135N2O6P. The average Bonchev–Trinajstić information content (AvgIpc) is 3.50. The van der Waals surface area contributed by atoms with Crippen LogP contribution in [0.3, 0.4) is 0 Å². The molecule has 0 aliphatic carbocycles. The number of nitrogens with one attached hydrogen (secondary N) is 1. The highest BCUT2D eigenvalue weighted by molar-refractivity contribution is 7.45. The van der Waals surface area contributed by atoms with E-state index < -0.39 is 20.0 Å². The number of allylic oxidation sites excluding steroid dienone is 16. The molecule has 83 heavy (non-hydrogen) atoms. The van der Waals surface area contributed by atoms with Crippen LogP contribution in [0, 0.1) is 0 Å². The maximum atomic E-state index is 13.1. The quantitative estimate of drug-likeness (QED) is 0.0272. The normalized spacial score (nSPS) is 14.3. The number of rotatable bonds is 64. The fourth-order valence-electron chi connectivity index (χ4n) is 10.2. The van der Waals surface area contributed by atoms with Crippen molar-refractivity contribution in [1.82, 2.24) is 5.32 Å². The molecule has 0 rings (SSSR count). The lowest BCUT2D eigenvalue weighted by atomic mass is 10.0. The molecule has 0 radical (unpaired) electrons. The van der Waals surface area contributed by atoms with E-state index in [0.29, 0.717) is 23.9 Å². The molecule has 0 saturated carbocycles. The van der Waals surface area contributed by atoms with Crippen molar-refractivity contribution >= 4 is 13.7 Å². The van der Waals surface area contributed by atoms with Gasteiger partial charge in [-0.2, -0.15) is 0 Å². The minimum atomic E-state index is -4.58. The minimum Gasteiger partial charge on any atom is -0.756 e. The summed E-state index contributed by atoms with van der Waals surface area (Å²) in [5.41, 5.74) is 0. The van der Waals surface area contributed by atoms with Crippen molar-refractivity contribution in [3.8, 4) is 0 Å². The predicted octanol–water partition coefficient (Wildman–Crippen LogP) is 21.9. The first-order valence-electron chi connectivity index (χ1n) is 35.1. The molecule has 8 nitrogen and oxygen atoms in total. The SMILES string of the molecule is CC/C=C\C/C=C\C/C=C\C/C=C\C/C=C\C/C=C\C/C=C\C/C=C\CCCCCCCCCCCCCCCCC(=O)NC(COP(=O)([O-])OCC[N+](C)(C)C)C(O)CCCCCCCCCCCCCCCCCCCCCCCC. The van der Waals surface area contributed by atoms with Crippen molar-refractivity contribution in [1.29, 1.82) is 0 Å². The highest BCUT2D eigenvalue weighted by Crippen LogP contribution is 2.38. The zero-order valence-electron chi connectivity index (χ0n) is 55.1. The lowest BCUT2D eigenvalue weighted by Crippen LogP contribution is -2.46. The van der Waals surface area contributed by atoms with Gasteiger partial charge in [0.15, 0.2) is 0 Å². The molecule has 0 heterocycles. The largest absolute Gasteiger partial charge is 0.756 e. The lowest BCUT2D eigenvalue weighted by Gasteiger charge is -2.30. The van der Waals surface area contributed by atoms with E-state index in [1.165, 1.54) is 199 Å². The van der Waals surface area contributed by atoms with Gasteiger partial charge in [-0.15, -0.1) is 0 Å². The number of aliphatic hydroxyl groups excluding tert-OH is 1. The summed E-state index contributed by atoms with van der Waals surface area (Å²) in [6.45, 7) is 4.64. The molecule has 0 aromatic carbocycles. The number of hydrogen-bond donors (Lipinski definition) is 2. The van der Waals surface area contributed by atoms with Gasteiger partial charge in [-0.3, -0.25) is 9.36 Å². The average molecular weight is 1180 g/mol. The van der Waals surface area contributed by atoms with E-state index in [0.717, 1.165) is 89.9 Å². The minimum absolute atomic E-state index is 0.0101. The molecule has 3 atom stereocenters. The molecule has 0 aromatic rings. The third-order valence-corrected chi connectivity index (χ3v) is 16.6. The Morgan fingerprint density at radius 3 is 1.07 bits per heavy atom. The standard InChI is InChI=1S/C74H135N2O6P/c1-6-8-10-12-14-16-18-20-22-24-26-28-30-31-32-33-34-35-36-37-38-39-40-41-42-43-44-45-46-48-50-52-54-56-58-60-62-64-66-68-74(78)75-72(71-82-83(79,80)81-70-69-76(3,4)5)73(77)67-65-63-61-59-57-55-53-51-49-47-29-27-25-23-21-19-17-15-13-11-9-7-2/h8,10,14,16,20,22,26,28,31-32,34-35,37-38,40-41,72-73,77H,6-7,9,11-13,15,17-19,21,23-25,27,29-30,33,36,39,42-71H2,1-5H3,(H-,75,78,79,80)/b10-8-,16-14-,22-20-,28-26-,32-31-,35-34-,38-37-,41-40-. The van der Waals surface area contributed by atoms with Crippen LogP contribution in [-0.2, 0) is 18.4 Å². The molecule has 3 unspecified atom stereocenters. The number of aliphatic hydroxyl groups is 1. The third kappa shape index (κ3) is 66.8. The van der Waals surface area contributed by atoms with Gasteiger partial charge in [0.25, 0.3) is 7.82 Å². The van der Waals surface area contributed by atoms with Gasteiger partial charge < -0.3 is 28.8 Å². The zero-order valence-corrected chi connectivity index (χ0v) is 56.0. The highest BCUT2D eigenvalue weighted by Gasteiger charge is 2.24. The topological polar surface area (TPSA) is 108 Å². The van der Waals surface area contributed by atoms with Crippen LogP contribution in [0.15, 0.2) is 97.2 Å². The van der Waals surface area contributed by atoms with E-state index in [1.54, 1.807) is 0 Å². The number of hydrogen-bond acceptors (Lipinski definition) is 6. The molecule has 0 aliphatic rings. The molecule has 0 fully saturated rings. The first-order valence-corrected chi connectivity index (χ1v) is 36.5. The number of unbranched alkanes of at least 4 members (excludes halogenated alkanes) is 35. The van der Waals surface area contributed by atoms with Crippen LogP contribution < -0.4 is 10.2 Å². The van der Waals surface area contributed by atoms with Crippen molar-refractivity contribution in [3.63, 3.8) is 0 Å². The summed E-state index contributed by atoms with van der Waals surface area (Å²) in [5, 5.41) is 14.1. The van der Waals surface area contributed by atoms with Gasteiger partial charge in [-0.1, -0.05) is 329 Å². The van der Waals surface area contributed by atoms with Gasteiger partial charge >= 0.3 is 0 Å². The monoisotopic (exact) mass is 1180 g/mol. The van der Waals surface area contributed by atoms with Crippen LogP contribution in [0.4, 0.5) is 0 Å². The second-order valence-corrected chi connectivity index (χ2v) is 26.3. The number of amides is 1. The van der Waals surface area contributed by atoms with Crippen molar-refractivity contribution in [3.05, 3.63) is 97.2 Å². The Morgan fingerprint density at radius 2 is 0.735 bits per heavy atom. The maximum absolute atomic E-state index is 13.1. The van der Waals surface area contributed by atoms with Gasteiger partial charge in [0.05, 0.1) is 39.9 Å². The molecule has 0 aromatic heterocycles. The van der Waals surface area contributed by atoms with Gasteiger partial charge in [-0.25, -0.2) is 0 Å². The Hall–Kier alpha value is -2.58. The zero-order chi connectivity index (χ0) is 60.5. The fourth-order valence-corrected chi connectivity index (χ4v) is 10.9. The molecule has 1 amide bonds. The van der Waals surface area contributed by atoms with Gasteiger partial charge in [-0.05, 0) is 77.0 Å². The highest BCUT2D eigenvalue weighted by atomic mass is 31.2. The van der Waals surface area contributed by atoms with E-state index in [9.17, 15) is 19.4 Å². The van der Waals surface area contributed by atoms with Gasteiger partial charge in [0.1, 0.15) is 13.2 Å². The second-order valence-electron chi connectivity index (χ2n) is 24.9. The van der Waals surface area contributed by atoms with E-state index in [1.807, 2.05) is 21.1 Å². The van der Waals surface area contributed by atoms with E-state index in [-0.39, 0.29) is 19.1 Å². The Kier molecular flexibility index (Phi) is 61.9. The number of nitrogens with zero attached hydrogens (tertiary/aromatic N) is 1. The van der Waals surface area contributed by atoms with E-state index in [2.05, 4.69) is 116 Å².